The average molecular weight is 348 g/mol. The third-order valence-corrected chi connectivity index (χ3v) is 4.52. The molecule has 5 heteroatoms. The molecule has 0 unspecified atom stereocenters. The lowest BCUT2D eigenvalue weighted by atomic mass is 10.1. The monoisotopic (exact) mass is 348 g/mol. The lowest BCUT2D eigenvalue weighted by Crippen LogP contribution is -2.33. The highest BCUT2D eigenvalue weighted by Crippen LogP contribution is 2.24. The number of rotatable bonds is 6. The van der Waals surface area contributed by atoms with E-state index < -0.39 is 12.1 Å². The fraction of sp³-hybridized carbons (Fsp3) is 0.238. The van der Waals surface area contributed by atoms with Crippen LogP contribution in [0.3, 0.4) is 0 Å². The molecular weight excluding hydrogens is 328 g/mol. The molecule has 4 rings (SSSR count). The van der Waals surface area contributed by atoms with Crippen LogP contribution in [-0.2, 0) is 20.7 Å². The molecule has 1 aromatic heterocycles. The number of carbonyl (C=O) groups is 2. The highest BCUT2D eigenvalue weighted by molar-refractivity contribution is 5.89. The van der Waals surface area contributed by atoms with E-state index in [1.54, 1.807) is 12.1 Å². The second-order valence-electron chi connectivity index (χ2n) is 6.60. The maximum absolute atomic E-state index is 12.5. The summed E-state index contributed by atoms with van der Waals surface area (Å²) in [4.78, 5) is 28.2. The number of benzene rings is 2. The SMILES string of the molecule is O=C(Cc1c[nH]c2ccccc12)O[C@H](C(=O)NC1CC1)c1ccccc1. The van der Waals surface area contributed by atoms with Gasteiger partial charge in [-0.2, -0.15) is 0 Å². The Balaban J connectivity index is 1.51. The molecule has 0 spiro atoms. The Bertz CT molecular complexity index is 929. The quantitative estimate of drug-likeness (QED) is 0.672. The molecule has 1 aliphatic rings. The molecule has 1 atom stereocenters. The van der Waals surface area contributed by atoms with Crippen LogP contribution in [0.2, 0.25) is 0 Å². The van der Waals surface area contributed by atoms with E-state index in [0.29, 0.717) is 5.56 Å². The number of hydrogen-bond donors (Lipinski definition) is 2. The lowest BCUT2D eigenvalue weighted by molar-refractivity contribution is -0.155. The third kappa shape index (κ3) is 3.61. The summed E-state index contributed by atoms with van der Waals surface area (Å²) in [5, 5.41) is 3.91. The number of H-pyrrole nitrogens is 1. The molecule has 1 saturated carbocycles. The number of fused-ring (bicyclic) bond motifs is 1. The molecule has 0 aliphatic heterocycles. The van der Waals surface area contributed by atoms with Crippen LogP contribution in [0.4, 0.5) is 0 Å². The van der Waals surface area contributed by atoms with Crippen LogP contribution < -0.4 is 5.32 Å². The average Bonchev–Trinajstić information content (AvgIpc) is 3.39. The van der Waals surface area contributed by atoms with Crippen molar-refractivity contribution in [2.75, 3.05) is 0 Å². The summed E-state index contributed by atoms with van der Waals surface area (Å²) in [5.41, 5.74) is 2.51. The Morgan fingerprint density at radius 3 is 2.58 bits per heavy atom. The second kappa shape index (κ2) is 7.04. The van der Waals surface area contributed by atoms with E-state index in [1.807, 2.05) is 48.7 Å². The van der Waals surface area contributed by atoms with Crippen LogP contribution in [0.15, 0.2) is 60.8 Å². The van der Waals surface area contributed by atoms with E-state index in [9.17, 15) is 9.59 Å². The number of aromatic nitrogens is 1. The first-order chi connectivity index (χ1) is 12.7. The molecule has 3 aromatic rings. The topological polar surface area (TPSA) is 71.2 Å². The van der Waals surface area contributed by atoms with Gasteiger partial charge in [0.25, 0.3) is 5.91 Å². The van der Waals surface area contributed by atoms with Crippen molar-refractivity contribution in [1.82, 2.24) is 10.3 Å². The fourth-order valence-corrected chi connectivity index (χ4v) is 3.01. The molecule has 2 aromatic carbocycles. The van der Waals surface area contributed by atoms with Gasteiger partial charge in [0.2, 0.25) is 6.10 Å². The summed E-state index contributed by atoms with van der Waals surface area (Å²) in [5.74, 6) is -0.680. The van der Waals surface area contributed by atoms with Crippen molar-refractivity contribution in [1.29, 1.82) is 0 Å². The number of hydrogen-bond acceptors (Lipinski definition) is 3. The minimum atomic E-state index is -0.922. The van der Waals surface area contributed by atoms with E-state index in [0.717, 1.165) is 29.3 Å². The Hall–Kier alpha value is -3.08. The van der Waals surface area contributed by atoms with Gasteiger partial charge in [0.15, 0.2) is 0 Å². The number of para-hydroxylation sites is 1. The Labute approximate surface area is 151 Å². The minimum absolute atomic E-state index is 0.115. The highest BCUT2D eigenvalue weighted by atomic mass is 16.5. The largest absolute Gasteiger partial charge is 0.447 e. The number of esters is 1. The van der Waals surface area contributed by atoms with Crippen molar-refractivity contribution in [3.05, 3.63) is 71.9 Å². The van der Waals surface area contributed by atoms with Crippen molar-refractivity contribution in [2.45, 2.75) is 31.4 Å². The minimum Gasteiger partial charge on any atom is -0.447 e. The van der Waals surface area contributed by atoms with Crippen LogP contribution in [0, 0.1) is 0 Å². The standard InChI is InChI=1S/C21H20N2O3/c24-19(12-15-13-22-18-9-5-4-8-17(15)18)26-20(14-6-2-1-3-7-14)21(25)23-16-10-11-16/h1-9,13,16,20,22H,10-12H2,(H,23,25)/t20-/m0/s1. The smallest absolute Gasteiger partial charge is 0.311 e. The predicted molar refractivity (Wildman–Crippen MR) is 98.4 cm³/mol. The second-order valence-corrected chi connectivity index (χ2v) is 6.60. The van der Waals surface area contributed by atoms with Gasteiger partial charge in [-0.05, 0) is 24.5 Å². The number of amides is 1. The van der Waals surface area contributed by atoms with Crippen LogP contribution >= 0.6 is 0 Å². The molecule has 5 nitrogen and oxygen atoms in total. The van der Waals surface area contributed by atoms with Crippen molar-refractivity contribution in [3.8, 4) is 0 Å². The molecule has 26 heavy (non-hydrogen) atoms. The first-order valence-corrected chi connectivity index (χ1v) is 8.80. The first kappa shape index (κ1) is 16.4. The Morgan fingerprint density at radius 1 is 1.08 bits per heavy atom. The van der Waals surface area contributed by atoms with E-state index in [2.05, 4.69) is 10.3 Å². The molecule has 1 fully saturated rings. The zero-order valence-electron chi connectivity index (χ0n) is 14.3. The van der Waals surface area contributed by atoms with Crippen molar-refractivity contribution in [3.63, 3.8) is 0 Å². The van der Waals surface area contributed by atoms with E-state index >= 15 is 0 Å². The van der Waals surface area contributed by atoms with Crippen LogP contribution in [0.25, 0.3) is 10.9 Å². The molecule has 2 N–H and O–H groups in total. The van der Waals surface area contributed by atoms with Crippen molar-refractivity contribution >= 4 is 22.8 Å². The summed E-state index contributed by atoms with van der Waals surface area (Å²) in [6.45, 7) is 0. The number of nitrogens with one attached hydrogen (secondary N) is 2. The molecule has 132 valence electrons. The molecule has 1 heterocycles. The third-order valence-electron chi connectivity index (χ3n) is 4.52. The maximum atomic E-state index is 12.5. The molecule has 0 saturated heterocycles. The van der Waals surface area contributed by atoms with E-state index in [4.69, 9.17) is 4.74 Å². The van der Waals surface area contributed by atoms with Crippen LogP contribution in [0.1, 0.15) is 30.1 Å². The summed E-state index contributed by atoms with van der Waals surface area (Å²) in [6, 6.07) is 17.1. The highest BCUT2D eigenvalue weighted by Gasteiger charge is 2.30. The molecule has 1 aliphatic carbocycles. The Morgan fingerprint density at radius 2 is 1.81 bits per heavy atom. The van der Waals surface area contributed by atoms with Gasteiger partial charge < -0.3 is 15.0 Å². The van der Waals surface area contributed by atoms with E-state index in [-0.39, 0.29) is 18.4 Å². The van der Waals surface area contributed by atoms with Crippen LogP contribution in [0.5, 0.6) is 0 Å². The summed E-state index contributed by atoms with van der Waals surface area (Å²) >= 11 is 0. The predicted octanol–water partition coefficient (Wildman–Crippen LogP) is 3.27. The zero-order chi connectivity index (χ0) is 17.9. The van der Waals surface area contributed by atoms with Crippen LogP contribution in [-0.4, -0.2) is 22.9 Å². The number of carbonyl (C=O) groups excluding carboxylic acids is 2. The summed E-state index contributed by atoms with van der Waals surface area (Å²) < 4.78 is 5.58. The van der Waals surface area contributed by atoms with Gasteiger partial charge in [-0.15, -0.1) is 0 Å². The number of ether oxygens (including phenoxy) is 1. The van der Waals surface area contributed by atoms with Gasteiger partial charge in [-0.1, -0.05) is 48.5 Å². The van der Waals surface area contributed by atoms with Gasteiger partial charge in [-0.25, -0.2) is 0 Å². The summed E-state index contributed by atoms with van der Waals surface area (Å²) in [6.07, 6.45) is 2.97. The van der Waals surface area contributed by atoms with Gasteiger partial charge in [-0.3, -0.25) is 9.59 Å². The molecule has 0 bridgehead atoms. The van der Waals surface area contributed by atoms with E-state index in [1.165, 1.54) is 0 Å². The lowest BCUT2D eigenvalue weighted by Gasteiger charge is -2.18. The Kier molecular flexibility index (Phi) is 4.44. The first-order valence-electron chi connectivity index (χ1n) is 8.80. The molecule has 1 amide bonds. The van der Waals surface area contributed by atoms with Crippen molar-refractivity contribution < 1.29 is 14.3 Å². The van der Waals surface area contributed by atoms with Gasteiger partial charge in [0, 0.05) is 28.7 Å². The maximum Gasteiger partial charge on any atom is 0.311 e. The zero-order valence-corrected chi connectivity index (χ0v) is 14.3. The van der Waals surface area contributed by atoms with Gasteiger partial charge in [0.05, 0.1) is 6.42 Å². The van der Waals surface area contributed by atoms with Gasteiger partial charge in [0.1, 0.15) is 0 Å². The fourth-order valence-electron chi connectivity index (χ4n) is 3.01. The number of aromatic amines is 1. The molecular formula is C21H20N2O3. The van der Waals surface area contributed by atoms with Crippen molar-refractivity contribution in [2.24, 2.45) is 0 Å². The normalized spacial score (nSPS) is 14.8. The van der Waals surface area contributed by atoms with Gasteiger partial charge >= 0.3 is 5.97 Å². The molecule has 0 radical (unpaired) electrons. The summed E-state index contributed by atoms with van der Waals surface area (Å²) in [7, 11) is 0.